The molecule has 2 rings (SSSR count). The molecule has 0 amide bonds. The minimum absolute atomic E-state index is 0.436. The average molecular weight is 354 g/mol. The third kappa shape index (κ3) is 2.84. The van der Waals surface area contributed by atoms with E-state index in [9.17, 15) is 0 Å². The normalized spacial score (nSPS) is 27.8. The van der Waals surface area contributed by atoms with Crippen LogP contribution < -0.4 is 0 Å². The van der Waals surface area contributed by atoms with Gasteiger partial charge in [-0.15, -0.1) is 0 Å². The Balaban J connectivity index is 2.00. The Hall–Kier alpha value is 0.920. The summed E-state index contributed by atoms with van der Waals surface area (Å²) in [5, 5.41) is 2.24. The zero-order chi connectivity index (χ0) is 11.4. The van der Waals surface area contributed by atoms with Crippen molar-refractivity contribution in [3.05, 3.63) is 0 Å². The van der Waals surface area contributed by atoms with Gasteiger partial charge in [0.25, 0.3) is 0 Å². The topological polar surface area (TPSA) is 9.23 Å². The van der Waals surface area contributed by atoms with Gasteiger partial charge in [0.1, 0.15) is 0 Å². The van der Waals surface area contributed by atoms with Crippen molar-refractivity contribution in [3.8, 4) is 0 Å². The van der Waals surface area contributed by atoms with Gasteiger partial charge in [-0.1, -0.05) is 44.7 Å². The summed E-state index contributed by atoms with van der Waals surface area (Å²) >= 11 is 7.53. The maximum Gasteiger partial charge on any atom is 0.0582 e. The summed E-state index contributed by atoms with van der Waals surface area (Å²) in [5.41, 5.74) is 0.436. The van der Waals surface area contributed by atoms with Crippen LogP contribution in [0.3, 0.4) is 0 Å². The number of hydrogen-bond donors (Lipinski definition) is 0. The molecule has 16 heavy (non-hydrogen) atoms. The third-order valence-corrected chi connectivity index (χ3v) is 6.65. The van der Waals surface area contributed by atoms with E-state index in [2.05, 4.69) is 31.9 Å². The molecule has 0 spiro atoms. The van der Waals surface area contributed by atoms with Gasteiger partial charge in [0.2, 0.25) is 0 Å². The lowest BCUT2D eigenvalue weighted by Gasteiger charge is -2.38. The first kappa shape index (κ1) is 13.4. The Bertz CT molecular complexity index is 204. The summed E-state index contributed by atoms with van der Waals surface area (Å²) in [5.74, 6) is 0.899. The van der Waals surface area contributed by atoms with Crippen molar-refractivity contribution in [2.45, 2.75) is 51.0 Å². The highest BCUT2D eigenvalue weighted by molar-refractivity contribution is 9.09. The molecule has 0 aromatic carbocycles. The van der Waals surface area contributed by atoms with E-state index in [1.807, 2.05) is 0 Å². The predicted octanol–water partition coefficient (Wildman–Crippen LogP) is 4.52. The molecule has 1 nitrogen and oxygen atoms in total. The van der Waals surface area contributed by atoms with Crippen molar-refractivity contribution in [2.75, 3.05) is 17.3 Å². The SMILES string of the molecule is BrCC(CBr)(CC1CCCO1)C1CCCC1. The fraction of sp³-hybridized carbons (Fsp3) is 1.00. The second-order valence-electron chi connectivity index (χ2n) is 5.45. The second-order valence-corrected chi connectivity index (χ2v) is 6.57. The second kappa shape index (κ2) is 6.19. The Morgan fingerprint density at radius 2 is 1.69 bits per heavy atom. The molecular formula is C13H22Br2O. The maximum atomic E-state index is 5.83. The van der Waals surface area contributed by atoms with Gasteiger partial charge in [-0.2, -0.15) is 0 Å². The molecule has 0 bridgehead atoms. The van der Waals surface area contributed by atoms with E-state index in [0.717, 1.165) is 23.2 Å². The minimum Gasteiger partial charge on any atom is -0.378 e. The number of hydrogen-bond acceptors (Lipinski definition) is 1. The van der Waals surface area contributed by atoms with Gasteiger partial charge in [0, 0.05) is 17.3 Å². The number of ether oxygens (including phenoxy) is 1. The van der Waals surface area contributed by atoms with Crippen LogP contribution in [0.25, 0.3) is 0 Å². The summed E-state index contributed by atoms with van der Waals surface area (Å²) in [6, 6.07) is 0. The first-order valence-electron chi connectivity index (χ1n) is 6.54. The molecule has 1 heterocycles. The van der Waals surface area contributed by atoms with E-state index < -0.39 is 0 Å². The van der Waals surface area contributed by atoms with Crippen LogP contribution in [0.2, 0.25) is 0 Å². The predicted molar refractivity (Wildman–Crippen MR) is 75.6 cm³/mol. The number of rotatable bonds is 5. The molecule has 2 aliphatic rings. The summed E-state index contributed by atoms with van der Waals surface area (Å²) < 4.78 is 5.83. The highest BCUT2D eigenvalue weighted by Gasteiger charge is 2.40. The van der Waals surface area contributed by atoms with E-state index >= 15 is 0 Å². The first-order chi connectivity index (χ1) is 7.80. The Morgan fingerprint density at radius 1 is 1.00 bits per heavy atom. The molecule has 1 saturated carbocycles. The summed E-state index contributed by atoms with van der Waals surface area (Å²) in [7, 11) is 0. The standard InChI is InChI=1S/C13H22Br2O/c14-9-13(10-15,11-4-1-2-5-11)8-12-6-3-7-16-12/h11-12H,1-10H2. The highest BCUT2D eigenvalue weighted by atomic mass is 79.9. The van der Waals surface area contributed by atoms with Gasteiger partial charge in [-0.25, -0.2) is 0 Å². The zero-order valence-corrected chi connectivity index (χ0v) is 13.1. The van der Waals surface area contributed by atoms with Crippen molar-refractivity contribution in [3.63, 3.8) is 0 Å². The summed E-state index contributed by atoms with van der Waals surface area (Å²) in [4.78, 5) is 0. The van der Waals surface area contributed by atoms with Crippen LogP contribution in [0.15, 0.2) is 0 Å². The van der Waals surface area contributed by atoms with E-state index in [0.29, 0.717) is 11.5 Å². The van der Waals surface area contributed by atoms with Crippen LogP contribution in [0, 0.1) is 11.3 Å². The van der Waals surface area contributed by atoms with Crippen LogP contribution in [0.4, 0.5) is 0 Å². The largest absolute Gasteiger partial charge is 0.378 e. The van der Waals surface area contributed by atoms with E-state index in [1.54, 1.807) is 0 Å². The smallest absolute Gasteiger partial charge is 0.0582 e. The molecule has 94 valence electrons. The summed E-state index contributed by atoms with van der Waals surface area (Å²) in [6.07, 6.45) is 10.00. The molecule has 0 N–H and O–H groups in total. The fourth-order valence-electron chi connectivity index (χ4n) is 3.33. The molecule has 3 heteroatoms. The first-order valence-corrected chi connectivity index (χ1v) is 8.78. The number of alkyl halides is 2. The molecule has 1 unspecified atom stereocenters. The number of halogens is 2. The Morgan fingerprint density at radius 3 is 2.19 bits per heavy atom. The van der Waals surface area contributed by atoms with Crippen LogP contribution >= 0.6 is 31.9 Å². The average Bonchev–Trinajstić information content (AvgIpc) is 2.99. The summed E-state index contributed by atoms with van der Waals surface area (Å²) in [6.45, 7) is 0.982. The van der Waals surface area contributed by atoms with Crippen LogP contribution in [0.5, 0.6) is 0 Å². The molecular weight excluding hydrogens is 332 g/mol. The van der Waals surface area contributed by atoms with Gasteiger partial charge >= 0.3 is 0 Å². The highest BCUT2D eigenvalue weighted by Crippen LogP contribution is 2.46. The zero-order valence-electron chi connectivity index (χ0n) is 9.89. The van der Waals surface area contributed by atoms with Crippen molar-refractivity contribution in [1.29, 1.82) is 0 Å². The van der Waals surface area contributed by atoms with Crippen LogP contribution in [-0.4, -0.2) is 23.4 Å². The van der Waals surface area contributed by atoms with Crippen molar-refractivity contribution in [2.24, 2.45) is 11.3 Å². The Labute approximate surface area is 116 Å². The maximum absolute atomic E-state index is 5.83. The van der Waals surface area contributed by atoms with Gasteiger partial charge in [-0.05, 0) is 43.4 Å². The van der Waals surface area contributed by atoms with E-state index in [-0.39, 0.29) is 0 Å². The molecule has 1 aliphatic heterocycles. The molecule has 1 atom stereocenters. The Kier molecular flexibility index (Phi) is 5.17. The van der Waals surface area contributed by atoms with Gasteiger partial charge in [-0.3, -0.25) is 0 Å². The minimum atomic E-state index is 0.436. The van der Waals surface area contributed by atoms with Crippen molar-refractivity contribution < 1.29 is 4.74 Å². The van der Waals surface area contributed by atoms with Gasteiger partial charge in [0.15, 0.2) is 0 Å². The monoisotopic (exact) mass is 352 g/mol. The molecule has 0 radical (unpaired) electrons. The van der Waals surface area contributed by atoms with Gasteiger partial charge in [0.05, 0.1) is 6.10 Å². The third-order valence-electron chi connectivity index (χ3n) is 4.41. The molecule has 1 saturated heterocycles. The molecule has 0 aromatic rings. The fourth-order valence-corrected chi connectivity index (χ4v) is 5.63. The van der Waals surface area contributed by atoms with E-state index in [4.69, 9.17) is 4.74 Å². The lowest BCUT2D eigenvalue weighted by molar-refractivity contribution is 0.0556. The molecule has 0 aromatic heterocycles. The quantitative estimate of drug-likeness (QED) is 0.660. The molecule has 2 fully saturated rings. The van der Waals surface area contributed by atoms with Gasteiger partial charge < -0.3 is 4.74 Å². The van der Waals surface area contributed by atoms with Crippen molar-refractivity contribution in [1.82, 2.24) is 0 Å². The van der Waals surface area contributed by atoms with Crippen LogP contribution in [0.1, 0.15) is 44.9 Å². The lowest BCUT2D eigenvalue weighted by Crippen LogP contribution is -2.36. The van der Waals surface area contributed by atoms with E-state index in [1.165, 1.54) is 44.9 Å². The van der Waals surface area contributed by atoms with Crippen LogP contribution in [-0.2, 0) is 4.74 Å². The molecule has 1 aliphatic carbocycles. The lowest BCUT2D eigenvalue weighted by atomic mass is 9.73. The van der Waals surface area contributed by atoms with Crippen molar-refractivity contribution >= 4 is 31.9 Å².